The van der Waals surface area contributed by atoms with Gasteiger partial charge >= 0.3 is 0 Å². The van der Waals surface area contributed by atoms with Gasteiger partial charge in [0.2, 0.25) is 0 Å². The first kappa shape index (κ1) is 10.8. The Morgan fingerprint density at radius 3 is 2.86 bits per heavy atom. The van der Waals surface area contributed by atoms with Crippen LogP contribution < -0.4 is 5.32 Å². The second kappa shape index (κ2) is 4.42. The first-order chi connectivity index (χ1) is 6.66. The van der Waals surface area contributed by atoms with Crippen molar-refractivity contribution < 1.29 is 4.74 Å². The maximum atomic E-state index is 5.94. The zero-order valence-electron chi connectivity index (χ0n) is 9.21. The molecule has 1 N–H and O–H groups in total. The summed E-state index contributed by atoms with van der Waals surface area (Å²) in [5, 5.41) is 3.62. The lowest BCUT2D eigenvalue weighted by Gasteiger charge is -2.20. The molecule has 0 aliphatic carbocycles. The minimum Gasteiger partial charge on any atom is -0.371 e. The van der Waals surface area contributed by atoms with Crippen LogP contribution in [0, 0.1) is 0 Å². The Balaban J connectivity index is 1.66. The number of hydrogen-bond donors (Lipinski definition) is 1. The highest BCUT2D eigenvalue weighted by Crippen LogP contribution is 2.29. The van der Waals surface area contributed by atoms with Crippen LogP contribution in [0.3, 0.4) is 0 Å². The third-order valence-electron chi connectivity index (χ3n) is 3.12. The van der Waals surface area contributed by atoms with Gasteiger partial charge in [-0.1, -0.05) is 0 Å². The standard InChI is InChI=1S/C11H21NOS/c1-11(2)5-3-10(13-11)7-12-9-4-6-14-8-9/h9-10,12H,3-8H2,1-2H3. The lowest BCUT2D eigenvalue weighted by molar-refractivity contribution is -0.0149. The molecule has 2 heterocycles. The van der Waals surface area contributed by atoms with E-state index >= 15 is 0 Å². The van der Waals surface area contributed by atoms with Gasteiger partial charge in [0, 0.05) is 18.3 Å². The fraction of sp³-hybridized carbons (Fsp3) is 1.00. The molecule has 2 fully saturated rings. The Bertz CT molecular complexity index is 190. The van der Waals surface area contributed by atoms with Crippen LogP contribution in [0.4, 0.5) is 0 Å². The van der Waals surface area contributed by atoms with Crippen molar-refractivity contribution in [1.29, 1.82) is 0 Å². The summed E-state index contributed by atoms with van der Waals surface area (Å²) in [7, 11) is 0. The predicted molar refractivity (Wildman–Crippen MR) is 61.9 cm³/mol. The molecule has 0 aromatic rings. The zero-order valence-corrected chi connectivity index (χ0v) is 10.0. The molecule has 0 bridgehead atoms. The van der Waals surface area contributed by atoms with E-state index in [0.29, 0.717) is 6.10 Å². The minimum absolute atomic E-state index is 0.122. The van der Waals surface area contributed by atoms with Crippen molar-refractivity contribution in [2.45, 2.75) is 50.9 Å². The van der Waals surface area contributed by atoms with Crippen molar-refractivity contribution in [2.75, 3.05) is 18.1 Å². The topological polar surface area (TPSA) is 21.3 Å². The maximum absolute atomic E-state index is 5.94. The smallest absolute Gasteiger partial charge is 0.0707 e. The number of nitrogens with one attached hydrogen (secondary N) is 1. The molecule has 2 saturated heterocycles. The summed E-state index contributed by atoms with van der Waals surface area (Å²) in [5.74, 6) is 2.62. The van der Waals surface area contributed by atoms with Gasteiger partial charge in [0.25, 0.3) is 0 Å². The summed E-state index contributed by atoms with van der Waals surface area (Å²) in [6.45, 7) is 5.44. The fourth-order valence-electron chi connectivity index (χ4n) is 2.21. The van der Waals surface area contributed by atoms with Crippen molar-refractivity contribution in [3.05, 3.63) is 0 Å². The van der Waals surface area contributed by atoms with Crippen molar-refractivity contribution in [1.82, 2.24) is 5.32 Å². The Kier molecular flexibility index (Phi) is 3.40. The van der Waals surface area contributed by atoms with E-state index in [1.807, 2.05) is 0 Å². The van der Waals surface area contributed by atoms with Crippen LogP contribution >= 0.6 is 11.8 Å². The van der Waals surface area contributed by atoms with Gasteiger partial charge in [-0.25, -0.2) is 0 Å². The first-order valence-corrected chi connectivity index (χ1v) is 6.80. The quantitative estimate of drug-likeness (QED) is 0.778. The van der Waals surface area contributed by atoms with Gasteiger partial charge in [0.05, 0.1) is 11.7 Å². The second-order valence-corrected chi connectivity index (χ2v) is 6.16. The van der Waals surface area contributed by atoms with Gasteiger partial charge in [0.1, 0.15) is 0 Å². The molecule has 0 aromatic carbocycles. The van der Waals surface area contributed by atoms with Gasteiger partial charge in [0.15, 0.2) is 0 Å². The lowest BCUT2D eigenvalue weighted by Crippen LogP contribution is -2.36. The number of hydrogen-bond acceptors (Lipinski definition) is 3. The molecule has 2 nitrogen and oxygen atoms in total. The van der Waals surface area contributed by atoms with Crippen molar-refractivity contribution in [3.63, 3.8) is 0 Å². The van der Waals surface area contributed by atoms with Gasteiger partial charge in [-0.15, -0.1) is 0 Å². The molecule has 82 valence electrons. The molecule has 0 spiro atoms. The molecule has 0 aromatic heterocycles. The monoisotopic (exact) mass is 215 g/mol. The average Bonchev–Trinajstić information content (AvgIpc) is 2.70. The van der Waals surface area contributed by atoms with Crippen molar-refractivity contribution in [3.8, 4) is 0 Å². The van der Waals surface area contributed by atoms with E-state index in [9.17, 15) is 0 Å². The van der Waals surface area contributed by atoms with E-state index in [1.54, 1.807) is 0 Å². The highest BCUT2D eigenvalue weighted by molar-refractivity contribution is 7.99. The van der Waals surface area contributed by atoms with E-state index in [0.717, 1.165) is 12.6 Å². The van der Waals surface area contributed by atoms with Crippen molar-refractivity contribution >= 4 is 11.8 Å². The van der Waals surface area contributed by atoms with Gasteiger partial charge in [-0.2, -0.15) is 11.8 Å². The molecule has 0 amide bonds. The number of thioether (sulfide) groups is 1. The molecular weight excluding hydrogens is 194 g/mol. The third-order valence-corrected chi connectivity index (χ3v) is 4.28. The van der Waals surface area contributed by atoms with Crippen LogP contribution in [0.25, 0.3) is 0 Å². The summed E-state index contributed by atoms with van der Waals surface area (Å²) >= 11 is 2.06. The van der Waals surface area contributed by atoms with E-state index in [1.165, 1.54) is 30.8 Å². The maximum Gasteiger partial charge on any atom is 0.0707 e. The molecule has 2 atom stereocenters. The van der Waals surface area contributed by atoms with Crippen LogP contribution in [0.2, 0.25) is 0 Å². The average molecular weight is 215 g/mol. The Labute approximate surface area is 91.2 Å². The minimum atomic E-state index is 0.122. The molecule has 2 rings (SSSR count). The summed E-state index contributed by atoms with van der Waals surface area (Å²) in [4.78, 5) is 0. The van der Waals surface area contributed by atoms with Crippen LogP contribution in [-0.2, 0) is 4.74 Å². The molecular formula is C11H21NOS. The second-order valence-electron chi connectivity index (χ2n) is 5.01. The highest BCUT2D eigenvalue weighted by atomic mass is 32.2. The highest BCUT2D eigenvalue weighted by Gasteiger charge is 2.31. The van der Waals surface area contributed by atoms with Crippen LogP contribution in [-0.4, -0.2) is 35.8 Å². The lowest BCUT2D eigenvalue weighted by atomic mass is 10.1. The predicted octanol–water partition coefficient (Wildman–Crippen LogP) is 2.04. The molecule has 14 heavy (non-hydrogen) atoms. The van der Waals surface area contributed by atoms with E-state index < -0.39 is 0 Å². The number of ether oxygens (including phenoxy) is 1. The fourth-order valence-corrected chi connectivity index (χ4v) is 3.40. The summed E-state index contributed by atoms with van der Waals surface area (Å²) in [6, 6.07) is 0.743. The third kappa shape index (κ3) is 2.88. The van der Waals surface area contributed by atoms with E-state index in [-0.39, 0.29) is 5.60 Å². The molecule has 2 unspecified atom stereocenters. The van der Waals surface area contributed by atoms with E-state index in [2.05, 4.69) is 30.9 Å². The largest absolute Gasteiger partial charge is 0.371 e. The normalized spacial score (nSPS) is 36.4. The summed E-state index contributed by atoms with van der Waals surface area (Å²) in [5.41, 5.74) is 0.122. The first-order valence-electron chi connectivity index (χ1n) is 5.65. The molecule has 3 heteroatoms. The Morgan fingerprint density at radius 2 is 2.29 bits per heavy atom. The summed E-state index contributed by atoms with van der Waals surface area (Å²) in [6.07, 6.45) is 4.22. The summed E-state index contributed by atoms with van der Waals surface area (Å²) < 4.78 is 5.94. The van der Waals surface area contributed by atoms with Gasteiger partial charge in [-0.05, 0) is 38.9 Å². The SMILES string of the molecule is CC1(C)CCC(CNC2CCSC2)O1. The van der Waals surface area contributed by atoms with E-state index in [4.69, 9.17) is 4.74 Å². The molecule has 2 aliphatic rings. The zero-order chi connectivity index (χ0) is 10.0. The van der Waals surface area contributed by atoms with Crippen LogP contribution in [0.5, 0.6) is 0 Å². The van der Waals surface area contributed by atoms with Gasteiger partial charge < -0.3 is 10.1 Å². The number of rotatable bonds is 3. The molecule has 2 aliphatic heterocycles. The Hall–Kier alpha value is 0.270. The van der Waals surface area contributed by atoms with Crippen molar-refractivity contribution in [2.24, 2.45) is 0 Å². The molecule has 0 radical (unpaired) electrons. The Morgan fingerprint density at radius 1 is 1.43 bits per heavy atom. The van der Waals surface area contributed by atoms with Gasteiger partial charge in [-0.3, -0.25) is 0 Å². The molecule has 0 saturated carbocycles. The van der Waals surface area contributed by atoms with Crippen LogP contribution in [0.1, 0.15) is 33.1 Å². The van der Waals surface area contributed by atoms with Crippen LogP contribution in [0.15, 0.2) is 0 Å².